The van der Waals surface area contributed by atoms with Gasteiger partial charge in [-0.3, -0.25) is 4.98 Å². The van der Waals surface area contributed by atoms with Crippen LogP contribution in [0, 0.1) is 0 Å². The van der Waals surface area contributed by atoms with Crippen LogP contribution in [-0.4, -0.2) is 18.1 Å². The number of rotatable bonds is 1. The predicted octanol–water partition coefficient (Wildman–Crippen LogP) is 3.37. The van der Waals surface area contributed by atoms with Crippen LogP contribution in [0.3, 0.4) is 0 Å². The minimum Gasteiger partial charge on any atom is -0.370 e. The lowest BCUT2D eigenvalue weighted by molar-refractivity contribution is 0.563. The van der Waals surface area contributed by atoms with Gasteiger partial charge in [-0.05, 0) is 31.4 Å². The topological polar surface area (TPSA) is 16.1 Å². The molecule has 1 aromatic rings. The van der Waals surface area contributed by atoms with E-state index in [0.717, 1.165) is 0 Å². The zero-order chi connectivity index (χ0) is 11.6. The first-order chi connectivity index (χ1) is 7.57. The summed E-state index contributed by atoms with van der Waals surface area (Å²) in [6.45, 7) is 8.99. The molecule has 0 unspecified atom stereocenters. The highest BCUT2D eigenvalue weighted by molar-refractivity contribution is 5.45. The Hall–Kier alpha value is -1.05. The summed E-state index contributed by atoms with van der Waals surface area (Å²) < 4.78 is 0. The first-order valence-corrected chi connectivity index (χ1v) is 6.29. The second-order valence-electron chi connectivity index (χ2n) is 5.70. The summed E-state index contributed by atoms with van der Waals surface area (Å²) >= 11 is 0. The van der Waals surface area contributed by atoms with E-state index in [1.807, 2.05) is 6.20 Å². The maximum absolute atomic E-state index is 4.58. The van der Waals surface area contributed by atoms with Gasteiger partial charge in [-0.1, -0.05) is 20.8 Å². The number of anilines is 1. The lowest BCUT2D eigenvalue weighted by atomic mass is 9.91. The fraction of sp³-hybridized carbons (Fsp3) is 0.643. The Kier molecular flexibility index (Phi) is 3.17. The van der Waals surface area contributed by atoms with E-state index in [9.17, 15) is 0 Å². The van der Waals surface area contributed by atoms with Crippen LogP contribution in [0.25, 0.3) is 0 Å². The first-order valence-electron chi connectivity index (χ1n) is 6.29. The van der Waals surface area contributed by atoms with Crippen molar-refractivity contribution in [2.75, 3.05) is 18.0 Å². The van der Waals surface area contributed by atoms with Gasteiger partial charge < -0.3 is 4.90 Å². The molecule has 0 atom stereocenters. The smallest absolute Gasteiger partial charge is 0.0552 e. The third-order valence-corrected chi connectivity index (χ3v) is 3.24. The van der Waals surface area contributed by atoms with Gasteiger partial charge in [-0.2, -0.15) is 0 Å². The summed E-state index contributed by atoms with van der Waals surface area (Å²) in [5.74, 6) is 0. The van der Waals surface area contributed by atoms with Gasteiger partial charge >= 0.3 is 0 Å². The van der Waals surface area contributed by atoms with Gasteiger partial charge in [0.2, 0.25) is 0 Å². The molecular weight excluding hydrogens is 196 g/mol. The predicted molar refractivity (Wildman–Crippen MR) is 69.0 cm³/mol. The van der Waals surface area contributed by atoms with E-state index >= 15 is 0 Å². The molecule has 88 valence electrons. The van der Waals surface area contributed by atoms with Crippen LogP contribution in [0.1, 0.15) is 45.7 Å². The van der Waals surface area contributed by atoms with E-state index in [1.54, 1.807) is 0 Å². The number of hydrogen-bond donors (Lipinski definition) is 0. The van der Waals surface area contributed by atoms with Crippen molar-refractivity contribution < 1.29 is 0 Å². The van der Waals surface area contributed by atoms with Gasteiger partial charge in [0.15, 0.2) is 0 Å². The molecule has 1 saturated heterocycles. The summed E-state index contributed by atoms with van der Waals surface area (Å²) in [5.41, 5.74) is 2.61. The fourth-order valence-electron chi connectivity index (χ4n) is 2.17. The third-order valence-electron chi connectivity index (χ3n) is 3.24. The largest absolute Gasteiger partial charge is 0.370 e. The zero-order valence-electron chi connectivity index (χ0n) is 10.7. The molecule has 0 saturated carbocycles. The van der Waals surface area contributed by atoms with Crippen LogP contribution in [-0.2, 0) is 5.41 Å². The Labute approximate surface area is 98.7 Å². The molecule has 1 fully saturated rings. The van der Waals surface area contributed by atoms with Gasteiger partial charge in [0.25, 0.3) is 0 Å². The standard InChI is InChI=1S/C14H22N2/c1-14(2,3)13-8-7-12(11-15-13)16-9-5-4-6-10-16/h7-8,11H,4-6,9-10H2,1-3H3. The zero-order valence-corrected chi connectivity index (χ0v) is 10.7. The highest BCUT2D eigenvalue weighted by Gasteiger charge is 2.16. The van der Waals surface area contributed by atoms with Crippen LogP contribution >= 0.6 is 0 Å². The summed E-state index contributed by atoms with van der Waals surface area (Å²) in [6, 6.07) is 4.39. The molecule has 1 aliphatic heterocycles. The van der Waals surface area contributed by atoms with E-state index < -0.39 is 0 Å². The average Bonchev–Trinajstić information content (AvgIpc) is 2.29. The number of pyridine rings is 1. The van der Waals surface area contributed by atoms with Gasteiger partial charge in [-0.25, -0.2) is 0 Å². The molecule has 2 heteroatoms. The number of piperidine rings is 1. The van der Waals surface area contributed by atoms with Crippen LogP contribution in [0.2, 0.25) is 0 Å². The van der Waals surface area contributed by atoms with E-state index in [2.05, 4.69) is 42.8 Å². The Balaban J connectivity index is 2.12. The van der Waals surface area contributed by atoms with Crippen LogP contribution in [0.4, 0.5) is 5.69 Å². The summed E-state index contributed by atoms with van der Waals surface area (Å²) in [4.78, 5) is 7.03. The lowest BCUT2D eigenvalue weighted by Crippen LogP contribution is -2.29. The van der Waals surface area contributed by atoms with Crippen LogP contribution in [0.15, 0.2) is 18.3 Å². The monoisotopic (exact) mass is 218 g/mol. The van der Waals surface area contributed by atoms with Crippen molar-refractivity contribution in [2.45, 2.75) is 45.4 Å². The highest BCUT2D eigenvalue weighted by atomic mass is 15.1. The van der Waals surface area contributed by atoms with Crippen molar-refractivity contribution >= 4 is 5.69 Å². The minimum atomic E-state index is 0.153. The molecule has 16 heavy (non-hydrogen) atoms. The van der Waals surface area contributed by atoms with Crippen molar-refractivity contribution in [3.63, 3.8) is 0 Å². The molecule has 2 heterocycles. The van der Waals surface area contributed by atoms with E-state index in [0.29, 0.717) is 0 Å². The van der Waals surface area contributed by atoms with Crippen LogP contribution in [0.5, 0.6) is 0 Å². The Morgan fingerprint density at radius 3 is 2.25 bits per heavy atom. The fourth-order valence-corrected chi connectivity index (χ4v) is 2.17. The molecule has 0 radical (unpaired) electrons. The van der Waals surface area contributed by atoms with E-state index in [4.69, 9.17) is 0 Å². The molecule has 1 aliphatic rings. The molecule has 0 spiro atoms. The number of aromatic nitrogens is 1. The Morgan fingerprint density at radius 2 is 1.75 bits per heavy atom. The van der Waals surface area contributed by atoms with Gasteiger partial charge in [0.05, 0.1) is 11.9 Å². The molecule has 2 nitrogen and oxygen atoms in total. The van der Waals surface area contributed by atoms with Crippen molar-refractivity contribution in [1.82, 2.24) is 4.98 Å². The normalized spacial score (nSPS) is 17.6. The molecule has 2 rings (SSSR count). The van der Waals surface area contributed by atoms with Crippen molar-refractivity contribution in [2.24, 2.45) is 0 Å². The maximum Gasteiger partial charge on any atom is 0.0552 e. The summed E-state index contributed by atoms with van der Waals surface area (Å²) in [7, 11) is 0. The van der Waals surface area contributed by atoms with Gasteiger partial charge in [-0.15, -0.1) is 0 Å². The van der Waals surface area contributed by atoms with Gasteiger partial charge in [0.1, 0.15) is 0 Å². The first kappa shape index (κ1) is 11.4. The van der Waals surface area contributed by atoms with E-state index in [-0.39, 0.29) is 5.41 Å². The summed E-state index contributed by atoms with van der Waals surface area (Å²) in [6.07, 6.45) is 6.05. The van der Waals surface area contributed by atoms with Crippen molar-refractivity contribution in [3.8, 4) is 0 Å². The third kappa shape index (κ3) is 2.55. The second-order valence-corrected chi connectivity index (χ2v) is 5.70. The van der Waals surface area contributed by atoms with E-state index in [1.165, 1.54) is 43.7 Å². The highest BCUT2D eigenvalue weighted by Crippen LogP contribution is 2.23. The SMILES string of the molecule is CC(C)(C)c1ccc(N2CCCCC2)cn1. The average molecular weight is 218 g/mol. The molecule has 0 N–H and O–H groups in total. The van der Waals surface area contributed by atoms with Gasteiger partial charge in [0, 0.05) is 24.2 Å². The number of hydrogen-bond acceptors (Lipinski definition) is 2. The van der Waals surface area contributed by atoms with Crippen molar-refractivity contribution in [1.29, 1.82) is 0 Å². The molecular formula is C14H22N2. The molecule has 0 bridgehead atoms. The molecule has 0 aliphatic carbocycles. The Bertz CT molecular complexity index is 329. The minimum absolute atomic E-state index is 0.153. The quantitative estimate of drug-likeness (QED) is 0.718. The van der Waals surface area contributed by atoms with Crippen molar-refractivity contribution in [3.05, 3.63) is 24.0 Å². The maximum atomic E-state index is 4.58. The second kappa shape index (κ2) is 4.44. The molecule has 1 aromatic heterocycles. The lowest BCUT2D eigenvalue weighted by Gasteiger charge is -2.29. The molecule has 0 amide bonds. The number of nitrogens with zero attached hydrogens (tertiary/aromatic N) is 2. The van der Waals surface area contributed by atoms with Crippen LogP contribution < -0.4 is 4.90 Å². The molecule has 0 aromatic carbocycles. The Morgan fingerprint density at radius 1 is 1.06 bits per heavy atom. The summed E-state index contributed by atoms with van der Waals surface area (Å²) in [5, 5.41) is 0.